The second-order valence-electron chi connectivity index (χ2n) is 5.31. The van der Waals surface area contributed by atoms with Gasteiger partial charge < -0.3 is 5.73 Å². The van der Waals surface area contributed by atoms with Crippen LogP contribution in [0.4, 0.5) is 4.39 Å². The van der Waals surface area contributed by atoms with Crippen LogP contribution in [0.5, 0.6) is 0 Å². The zero-order valence-corrected chi connectivity index (χ0v) is 12.4. The summed E-state index contributed by atoms with van der Waals surface area (Å²) in [6, 6.07) is 4.89. The molecule has 1 aromatic rings. The molecule has 1 saturated carbocycles. The van der Waals surface area contributed by atoms with Crippen LogP contribution in [-0.2, 0) is 0 Å². The molecule has 100 valence electrons. The topological polar surface area (TPSA) is 26.0 Å². The van der Waals surface area contributed by atoms with Gasteiger partial charge in [0.1, 0.15) is 5.82 Å². The normalized spacial score (nSPS) is 26.0. The van der Waals surface area contributed by atoms with E-state index in [-0.39, 0.29) is 11.9 Å². The highest BCUT2D eigenvalue weighted by Gasteiger charge is 2.30. The Morgan fingerprint density at radius 1 is 1.39 bits per heavy atom. The first-order chi connectivity index (χ1) is 8.63. The van der Waals surface area contributed by atoms with Crippen molar-refractivity contribution in [1.82, 2.24) is 0 Å². The minimum absolute atomic E-state index is 0.173. The summed E-state index contributed by atoms with van der Waals surface area (Å²) in [7, 11) is 0. The lowest BCUT2D eigenvalue weighted by Crippen LogP contribution is -2.31. The van der Waals surface area contributed by atoms with Gasteiger partial charge >= 0.3 is 0 Å². The molecule has 0 heterocycles. The summed E-state index contributed by atoms with van der Waals surface area (Å²) in [5.74, 6) is 0.894. The van der Waals surface area contributed by atoms with Gasteiger partial charge in [0.2, 0.25) is 0 Å². The first-order valence-corrected chi connectivity index (χ1v) is 7.63. The summed E-state index contributed by atoms with van der Waals surface area (Å²) in [5, 5.41) is 0. The number of hydrogen-bond acceptors (Lipinski definition) is 1. The Kier molecular flexibility index (Phi) is 4.79. The molecule has 3 atom stereocenters. The van der Waals surface area contributed by atoms with E-state index in [9.17, 15) is 4.39 Å². The number of halogens is 2. The number of benzene rings is 1. The van der Waals surface area contributed by atoms with Crippen molar-refractivity contribution in [3.63, 3.8) is 0 Å². The van der Waals surface area contributed by atoms with Crippen LogP contribution in [0.3, 0.4) is 0 Å². The molecule has 2 rings (SSSR count). The maximum Gasteiger partial charge on any atom is 0.128 e. The third kappa shape index (κ3) is 2.94. The van der Waals surface area contributed by atoms with Crippen molar-refractivity contribution in [2.75, 3.05) is 0 Å². The van der Waals surface area contributed by atoms with Gasteiger partial charge in [-0.3, -0.25) is 0 Å². The van der Waals surface area contributed by atoms with Crippen molar-refractivity contribution in [2.45, 2.75) is 45.1 Å². The van der Waals surface area contributed by atoms with Gasteiger partial charge in [0.05, 0.1) is 0 Å². The Balaban J connectivity index is 2.23. The molecule has 1 fully saturated rings. The van der Waals surface area contributed by atoms with Crippen LogP contribution in [0.25, 0.3) is 0 Å². The van der Waals surface area contributed by atoms with Gasteiger partial charge in [-0.15, -0.1) is 0 Å². The molecule has 0 spiro atoms. The van der Waals surface area contributed by atoms with Gasteiger partial charge in [-0.25, -0.2) is 4.39 Å². The molecule has 1 aliphatic rings. The summed E-state index contributed by atoms with van der Waals surface area (Å²) in [6.45, 7) is 2.22. The standard InChI is InChI=1S/C15H21BrFN/c1-2-10-5-3-4-6-12(10)15(18)13-9-11(16)7-8-14(13)17/h7-10,12,15H,2-6,18H2,1H3. The highest BCUT2D eigenvalue weighted by molar-refractivity contribution is 9.10. The maximum absolute atomic E-state index is 13.9. The predicted octanol–water partition coefficient (Wildman–Crippen LogP) is 4.80. The van der Waals surface area contributed by atoms with Crippen molar-refractivity contribution in [3.05, 3.63) is 34.1 Å². The molecule has 0 aromatic heterocycles. The number of rotatable bonds is 3. The van der Waals surface area contributed by atoms with Crippen LogP contribution in [0.2, 0.25) is 0 Å². The summed E-state index contributed by atoms with van der Waals surface area (Å²) in [4.78, 5) is 0. The molecule has 1 aromatic carbocycles. The van der Waals surface area contributed by atoms with E-state index < -0.39 is 0 Å². The van der Waals surface area contributed by atoms with Gasteiger partial charge in [-0.05, 0) is 36.5 Å². The summed E-state index contributed by atoms with van der Waals surface area (Å²) < 4.78 is 14.8. The Labute approximate surface area is 117 Å². The first kappa shape index (κ1) is 14.0. The molecule has 1 nitrogen and oxygen atoms in total. The molecule has 0 radical (unpaired) electrons. The molecule has 18 heavy (non-hydrogen) atoms. The molecule has 2 N–H and O–H groups in total. The summed E-state index contributed by atoms with van der Waals surface area (Å²) in [5.41, 5.74) is 7.01. The number of hydrogen-bond donors (Lipinski definition) is 1. The van der Waals surface area contributed by atoms with E-state index in [0.29, 0.717) is 17.4 Å². The van der Waals surface area contributed by atoms with Crippen LogP contribution >= 0.6 is 15.9 Å². The van der Waals surface area contributed by atoms with E-state index in [1.54, 1.807) is 6.07 Å². The fourth-order valence-corrected chi connectivity index (χ4v) is 3.60. The Morgan fingerprint density at radius 2 is 2.11 bits per heavy atom. The van der Waals surface area contributed by atoms with E-state index in [4.69, 9.17) is 5.73 Å². The highest BCUT2D eigenvalue weighted by Crippen LogP contribution is 2.40. The van der Waals surface area contributed by atoms with E-state index in [1.165, 1.54) is 25.3 Å². The molecule has 3 unspecified atom stereocenters. The van der Waals surface area contributed by atoms with Crippen LogP contribution in [0.15, 0.2) is 22.7 Å². The Bertz CT molecular complexity index is 407. The molecular weight excluding hydrogens is 293 g/mol. The van der Waals surface area contributed by atoms with Crippen molar-refractivity contribution in [1.29, 1.82) is 0 Å². The molecule has 0 aliphatic heterocycles. The highest BCUT2D eigenvalue weighted by atomic mass is 79.9. The summed E-state index contributed by atoms with van der Waals surface area (Å²) >= 11 is 3.40. The quantitative estimate of drug-likeness (QED) is 0.852. The second kappa shape index (κ2) is 6.16. The van der Waals surface area contributed by atoms with Crippen molar-refractivity contribution in [3.8, 4) is 0 Å². The van der Waals surface area contributed by atoms with Gasteiger partial charge in [0, 0.05) is 16.1 Å². The van der Waals surface area contributed by atoms with Crippen molar-refractivity contribution >= 4 is 15.9 Å². The lowest BCUT2D eigenvalue weighted by atomic mass is 9.72. The van der Waals surface area contributed by atoms with Crippen LogP contribution in [0.1, 0.15) is 50.6 Å². The van der Waals surface area contributed by atoms with Gasteiger partial charge in [-0.1, -0.05) is 48.5 Å². The minimum Gasteiger partial charge on any atom is -0.324 e. The third-order valence-electron chi connectivity index (χ3n) is 4.27. The first-order valence-electron chi connectivity index (χ1n) is 6.84. The largest absolute Gasteiger partial charge is 0.324 e. The molecule has 0 bridgehead atoms. The monoisotopic (exact) mass is 313 g/mol. The SMILES string of the molecule is CCC1CCCCC1C(N)c1cc(Br)ccc1F. The van der Waals surface area contributed by atoms with E-state index in [0.717, 1.165) is 17.3 Å². The van der Waals surface area contributed by atoms with Gasteiger partial charge in [-0.2, -0.15) is 0 Å². The molecule has 1 aliphatic carbocycles. The van der Waals surface area contributed by atoms with Gasteiger partial charge in [0.25, 0.3) is 0 Å². The van der Waals surface area contributed by atoms with Crippen molar-refractivity contribution < 1.29 is 4.39 Å². The molecule has 0 amide bonds. The van der Waals surface area contributed by atoms with Crippen LogP contribution in [-0.4, -0.2) is 0 Å². The average Bonchev–Trinajstić information content (AvgIpc) is 2.40. The Morgan fingerprint density at radius 3 is 2.83 bits per heavy atom. The van der Waals surface area contributed by atoms with Crippen LogP contribution in [0, 0.1) is 17.7 Å². The second-order valence-corrected chi connectivity index (χ2v) is 6.22. The third-order valence-corrected chi connectivity index (χ3v) is 4.76. The number of nitrogens with two attached hydrogens (primary N) is 1. The fourth-order valence-electron chi connectivity index (χ4n) is 3.22. The van der Waals surface area contributed by atoms with Crippen molar-refractivity contribution in [2.24, 2.45) is 17.6 Å². The lowest BCUT2D eigenvalue weighted by molar-refractivity contribution is 0.194. The Hall–Kier alpha value is -0.410. The zero-order valence-electron chi connectivity index (χ0n) is 10.8. The molecule has 3 heteroatoms. The lowest BCUT2D eigenvalue weighted by Gasteiger charge is -2.35. The van der Waals surface area contributed by atoms with E-state index in [2.05, 4.69) is 22.9 Å². The zero-order chi connectivity index (χ0) is 13.1. The summed E-state index contributed by atoms with van der Waals surface area (Å²) in [6.07, 6.45) is 6.04. The molecule has 0 saturated heterocycles. The van der Waals surface area contributed by atoms with Gasteiger partial charge in [0.15, 0.2) is 0 Å². The molecular formula is C15H21BrFN. The van der Waals surface area contributed by atoms with E-state index >= 15 is 0 Å². The predicted molar refractivity (Wildman–Crippen MR) is 76.8 cm³/mol. The maximum atomic E-state index is 13.9. The van der Waals surface area contributed by atoms with E-state index in [1.807, 2.05) is 6.07 Å². The van der Waals surface area contributed by atoms with Crippen LogP contribution < -0.4 is 5.73 Å². The fraction of sp³-hybridized carbons (Fsp3) is 0.600. The average molecular weight is 314 g/mol. The minimum atomic E-state index is -0.175. The smallest absolute Gasteiger partial charge is 0.128 e.